The van der Waals surface area contributed by atoms with Crippen LogP contribution in [0.3, 0.4) is 0 Å². The maximum Gasteiger partial charge on any atom is 0.0599 e. The van der Waals surface area contributed by atoms with E-state index in [4.69, 9.17) is 4.74 Å². The number of piperidine rings is 1. The summed E-state index contributed by atoms with van der Waals surface area (Å²) in [5.41, 5.74) is 0. The van der Waals surface area contributed by atoms with E-state index in [9.17, 15) is 0 Å². The summed E-state index contributed by atoms with van der Waals surface area (Å²) in [5, 5.41) is 3.54. The van der Waals surface area contributed by atoms with Crippen molar-refractivity contribution in [3.05, 3.63) is 0 Å². The molecule has 0 aliphatic carbocycles. The molecule has 2 aliphatic heterocycles. The molecule has 2 unspecified atom stereocenters. The first-order chi connectivity index (χ1) is 7.79. The van der Waals surface area contributed by atoms with Crippen molar-refractivity contribution in [1.82, 2.24) is 10.2 Å². The molecule has 0 spiro atoms. The van der Waals surface area contributed by atoms with E-state index < -0.39 is 0 Å². The highest BCUT2D eigenvalue weighted by atomic mass is 16.5. The molecule has 2 rings (SSSR count). The molecule has 0 aromatic rings. The normalized spacial score (nSPS) is 33.4. The number of rotatable bonds is 4. The minimum absolute atomic E-state index is 0.528. The van der Waals surface area contributed by atoms with E-state index in [2.05, 4.69) is 24.1 Å². The summed E-state index contributed by atoms with van der Waals surface area (Å²) in [6, 6.07) is 0.713. The van der Waals surface area contributed by atoms with Crippen LogP contribution in [0.15, 0.2) is 0 Å². The summed E-state index contributed by atoms with van der Waals surface area (Å²) < 4.78 is 5.68. The van der Waals surface area contributed by atoms with Gasteiger partial charge in [0.05, 0.1) is 6.10 Å². The monoisotopic (exact) mass is 226 g/mol. The molecule has 0 saturated carbocycles. The third-order valence-electron chi connectivity index (χ3n) is 4.12. The predicted octanol–water partition coefficient (Wildman–Crippen LogP) is 1.49. The molecule has 1 N–H and O–H groups in total. The number of nitrogens with zero attached hydrogens (tertiary/aromatic N) is 1. The van der Waals surface area contributed by atoms with Crippen molar-refractivity contribution in [2.24, 2.45) is 5.92 Å². The van der Waals surface area contributed by atoms with Gasteiger partial charge in [-0.2, -0.15) is 0 Å². The lowest BCUT2D eigenvalue weighted by molar-refractivity contribution is 0.0108. The van der Waals surface area contributed by atoms with E-state index in [0.717, 1.165) is 12.5 Å². The Morgan fingerprint density at radius 3 is 2.56 bits per heavy atom. The lowest BCUT2D eigenvalue weighted by Gasteiger charge is -2.34. The van der Waals surface area contributed by atoms with Crippen LogP contribution in [0.1, 0.15) is 33.1 Å². The zero-order chi connectivity index (χ0) is 11.4. The standard InChI is InChI=1S/C13H26N2O/c1-3-16-13-5-8-15(9-6-13)10-12-4-7-14-11(12)2/h11-14H,3-10H2,1-2H3. The van der Waals surface area contributed by atoms with Crippen LogP contribution >= 0.6 is 0 Å². The Balaban J connectivity index is 1.68. The molecule has 94 valence electrons. The molecule has 2 fully saturated rings. The molecule has 0 bridgehead atoms. The molecular formula is C13H26N2O. The van der Waals surface area contributed by atoms with Crippen LogP contribution in [-0.4, -0.2) is 49.8 Å². The van der Waals surface area contributed by atoms with Crippen molar-refractivity contribution in [3.8, 4) is 0 Å². The fraction of sp³-hybridized carbons (Fsp3) is 1.00. The van der Waals surface area contributed by atoms with Gasteiger partial charge in [-0.3, -0.25) is 0 Å². The SMILES string of the molecule is CCOC1CCN(CC2CCNC2C)CC1. The highest BCUT2D eigenvalue weighted by molar-refractivity contribution is 4.84. The fourth-order valence-electron chi connectivity index (χ4n) is 2.99. The van der Waals surface area contributed by atoms with Crippen LogP contribution < -0.4 is 5.32 Å². The molecular weight excluding hydrogens is 200 g/mol. The van der Waals surface area contributed by atoms with Crippen LogP contribution in [-0.2, 0) is 4.74 Å². The van der Waals surface area contributed by atoms with Crippen molar-refractivity contribution in [2.75, 3.05) is 32.8 Å². The molecule has 2 heterocycles. The molecule has 0 amide bonds. The topological polar surface area (TPSA) is 24.5 Å². The van der Waals surface area contributed by atoms with Gasteiger partial charge < -0.3 is 15.0 Å². The first-order valence-corrected chi connectivity index (χ1v) is 6.87. The second-order valence-electron chi connectivity index (χ2n) is 5.25. The number of likely N-dealkylation sites (tertiary alicyclic amines) is 1. The number of hydrogen-bond acceptors (Lipinski definition) is 3. The largest absolute Gasteiger partial charge is 0.378 e. The van der Waals surface area contributed by atoms with E-state index >= 15 is 0 Å². The van der Waals surface area contributed by atoms with Gasteiger partial charge in [0.2, 0.25) is 0 Å². The molecule has 0 aromatic heterocycles. The second-order valence-corrected chi connectivity index (χ2v) is 5.25. The Hall–Kier alpha value is -0.120. The first kappa shape index (κ1) is 12.3. The average molecular weight is 226 g/mol. The minimum atomic E-state index is 0.528. The lowest BCUT2D eigenvalue weighted by Crippen LogP contribution is -2.41. The van der Waals surface area contributed by atoms with Gasteiger partial charge in [0.1, 0.15) is 0 Å². The van der Waals surface area contributed by atoms with Crippen LogP contribution in [0.4, 0.5) is 0 Å². The van der Waals surface area contributed by atoms with Crippen LogP contribution in [0, 0.1) is 5.92 Å². The van der Waals surface area contributed by atoms with Crippen molar-refractivity contribution in [3.63, 3.8) is 0 Å². The van der Waals surface area contributed by atoms with Crippen LogP contribution in [0.2, 0.25) is 0 Å². The molecule has 2 aliphatic rings. The highest BCUT2D eigenvalue weighted by Crippen LogP contribution is 2.20. The lowest BCUT2D eigenvalue weighted by atomic mass is 9.99. The third-order valence-corrected chi connectivity index (χ3v) is 4.12. The second kappa shape index (κ2) is 5.99. The van der Waals surface area contributed by atoms with Gasteiger partial charge in [0, 0.05) is 32.3 Å². The Morgan fingerprint density at radius 2 is 2.00 bits per heavy atom. The summed E-state index contributed by atoms with van der Waals surface area (Å²) in [6.45, 7) is 10.2. The molecule has 2 saturated heterocycles. The highest BCUT2D eigenvalue weighted by Gasteiger charge is 2.27. The Labute approximate surface area is 99.5 Å². The predicted molar refractivity (Wildman–Crippen MR) is 66.7 cm³/mol. The van der Waals surface area contributed by atoms with E-state index in [-0.39, 0.29) is 0 Å². The Kier molecular flexibility index (Phi) is 4.62. The van der Waals surface area contributed by atoms with Gasteiger partial charge >= 0.3 is 0 Å². The Morgan fingerprint density at radius 1 is 1.25 bits per heavy atom. The summed E-state index contributed by atoms with van der Waals surface area (Å²) >= 11 is 0. The maximum absolute atomic E-state index is 5.68. The quantitative estimate of drug-likeness (QED) is 0.786. The Bertz CT molecular complexity index is 202. The van der Waals surface area contributed by atoms with Crippen LogP contribution in [0.25, 0.3) is 0 Å². The zero-order valence-electron chi connectivity index (χ0n) is 10.7. The molecule has 3 heteroatoms. The van der Waals surface area contributed by atoms with Crippen molar-refractivity contribution < 1.29 is 4.74 Å². The van der Waals surface area contributed by atoms with Crippen LogP contribution in [0.5, 0.6) is 0 Å². The van der Waals surface area contributed by atoms with Gasteiger partial charge in [-0.15, -0.1) is 0 Å². The molecule has 0 radical (unpaired) electrons. The number of ether oxygens (including phenoxy) is 1. The molecule has 2 atom stereocenters. The fourth-order valence-corrected chi connectivity index (χ4v) is 2.99. The third kappa shape index (κ3) is 3.19. The summed E-state index contributed by atoms with van der Waals surface area (Å²) in [6.07, 6.45) is 4.33. The van der Waals surface area contributed by atoms with Gasteiger partial charge in [-0.05, 0) is 45.6 Å². The van der Waals surface area contributed by atoms with Gasteiger partial charge in [0.25, 0.3) is 0 Å². The molecule has 3 nitrogen and oxygen atoms in total. The van der Waals surface area contributed by atoms with Gasteiger partial charge in [-0.25, -0.2) is 0 Å². The summed E-state index contributed by atoms with van der Waals surface area (Å²) in [4.78, 5) is 2.63. The minimum Gasteiger partial charge on any atom is -0.378 e. The van der Waals surface area contributed by atoms with Gasteiger partial charge in [0.15, 0.2) is 0 Å². The van der Waals surface area contributed by atoms with E-state index in [0.29, 0.717) is 12.1 Å². The van der Waals surface area contributed by atoms with E-state index in [1.807, 2.05) is 0 Å². The summed E-state index contributed by atoms with van der Waals surface area (Å²) in [7, 11) is 0. The molecule has 16 heavy (non-hydrogen) atoms. The number of nitrogens with one attached hydrogen (secondary N) is 1. The molecule has 0 aromatic carbocycles. The zero-order valence-corrected chi connectivity index (χ0v) is 10.7. The van der Waals surface area contributed by atoms with E-state index in [1.54, 1.807) is 0 Å². The average Bonchev–Trinajstić information content (AvgIpc) is 2.68. The maximum atomic E-state index is 5.68. The first-order valence-electron chi connectivity index (χ1n) is 6.87. The van der Waals surface area contributed by atoms with E-state index in [1.165, 1.54) is 45.4 Å². The van der Waals surface area contributed by atoms with Gasteiger partial charge in [-0.1, -0.05) is 0 Å². The summed E-state index contributed by atoms with van der Waals surface area (Å²) in [5.74, 6) is 0.864. The van der Waals surface area contributed by atoms with Crippen molar-refractivity contribution in [2.45, 2.75) is 45.3 Å². The van der Waals surface area contributed by atoms with Crippen molar-refractivity contribution in [1.29, 1.82) is 0 Å². The van der Waals surface area contributed by atoms with Crippen molar-refractivity contribution >= 4 is 0 Å². The smallest absolute Gasteiger partial charge is 0.0599 e. The number of hydrogen-bond donors (Lipinski definition) is 1.